The van der Waals surface area contributed by atoms with Gasteiger partial charge in [-0.15, -0.1) is 13.2 Å². The normalized spacial score (nSPS) is 13.0. The minimum Gasteiger partial charge on any atom is -0.406 e. The fourth-order valence-electron chi connectivity index (χ4n) is 2.40. The lowest BCUT2D eigenvalue weighted by Gasteiger charge is -2.18. The lowest BCUT2D eigenvalue weighted by atomic mass is 9.88. The molecule has 21 heavy (non-hydrogen) atoms. The minimum absolute atomic E-state index is 0.186. The van der Waals surface area contributed by atoms with Crippen LogP contribution in [0.15, 0.2) is 54.6 Å². The number of hydrogen-bond acceptors (Lipinski definition) is 1. The molecule has 0 spiro atoms. The molecular formula is C17H17F3O. The van der Waals surface area contributed by atoms with Crippen molar-refractivity contribution in [2.24, 2.45) is 0 Å². The van der Waals surface area contributed by atoms with Crippen LogP contribution in [0.5, 0.6) is 5.75 Å². The van der Waals surface area contributed by atoms with Crippen molar-refractivity contribution in [3.8, 4) is 5.75 Å². The standard InChI is InChI=1S/C17H17F3O/c1-2-6-16(13-7-4-3-5-8-13)14-9-11-15(12-10-14)21-17(18,19)20/h3-5,7-12,16H,2,6H2,1H3. The van der Waals surface area contributed by atoms with Crippen LogP contribution in [0.3, 0.4) is 0 Å². The molecule has 4 heteroatoms. The second-order valence-electron chi connectivity index (χ2n) is 4.87. The summed E-state index contributed by atoms with van der Waals surface area (Å²) in [6, 6.07) is 16.1. The van der Waals surface area contributed by atoms with Crippen molar-refractivity contribution in [2.75, 3.05) is 0 Å². The topological polar surface area (TPSA) is 9.23 Å². The van der Waals surface area contributed by atoms with Gasteiger partial charge in [0.15, 0.2) is 0 Å². The fraction of sp³-hybridized carbons (Fsp3) is 0.294. The predicted molar refractivity (Wildman–Crippen MR) is 76.3 cm³/mol. The molecule has 1 unspecified atom stereocenters. The number of ether oxygens (including phenoxy) is 1. The molecule has 0 aliphatic heterocycles. The van der Waals surface area contributed by atoms with Crippen LogP contribution in [0, 0.1) is 0 Å². The third-order valence-electron chi connectivity index (χ3n) is 3.30. The predicted octanol–water partition coefficient (Wildman–Crippen LogP) is 5.52. The van der Waals surface area contributed by atoms with Crippen LogP contribution in [0.25, 0.3) is 0 Å². The Morgan fingerprint density at radius 3 is 2.00 bits per heavy atom. The highest BCUT2D eigenvalue weighted by atomic mass is 19.4. The number of alkyl halides is 3. The Balaban J connectivity index is 2.22. The van der Waals surface area contributed by atoms with Crippen LogP contribution in [-0.2, 0) is 0 Å². The highest BCUT2D eigenvalue weighted by Gasteiger charge is 2.31. The zero-order valence-corrected chi connectivity index (χ0v) is 11.7. The average Bonchev–Trinajstić information content (AvgIpc) is 2.45. The summed E-state index contributed by atoms with van der Waals surface area (Å²) in [5, 5.41) is 0. The molecule has 0 aromatic heterocycles. The Kier molecular flexibility index (Phi) is 4.89. The number of rotatable bonds is 5. The van der Waals surface area contributed by atoms with Gasteiger partial charge in [-0.2, -0.15) is 0 Å². The SMILES string of the molecule is CCCC(c1ccccc1)c1ccc(OC(F)(F)F)cc1. The van der Waals surface area contributed by atoms with E-state index < -0.39 is 6.36 Å². The van der Waals surface area contributed by atoms with E-state index in [0.29, 0.717) is 0 Å². The first-order valence-corrected chi connectivity index (χ1v) is 6.90. The molecule has 1 nitrogen and oxygen atoms in total. The third-order valence-corrected chi connectivity index (χ3v) is 3.30. The zero-order valence-electron chi connectivity index (χ0n) is 11.7. The molecule has 0 aliphatic rings. The summed E-state index contributed by atoms with van der Waals surface area (Å²) in [5.41, 5.74) is 2.17. The minimum atomic E-state index is -4.65. The summed E-state index contributed by atoms with van der Waals surface area (Å²) >= 11 is 0. The molecule has 1 atom stereocenters. The molecule has 0 saturated carbocycles. The van der Waals surface area contributed by atoms with E-state index in [1.807, 2.05) is 30.3 Å². The summed E-state index contributed by atoms with van der Waals surface area (Å²) in [7, 11) is 0. The van der Waals surface area contributed by atoms with Crippen LogP contribution in [0.1, 0.15) is 36.8 Å². The van der Waals surface area contributed by atoms with Gasteiger partial charge in [0, 0.05) is 5.92 Å². The molecule has 2 aromatic carbocycles. The summed E-state index contributed by atoms with van der Waals surface area (Å²) < 4.78 is 40.4. The Labute approximate surface area is 122 Å². The summed E-state index contributed by atoms with van der Waals surface area (Å²) in [6.45, 7) is 2.09. The van der Waals surface area contributed by atoms with Crippen molar-refractivity contribution in [3.63, 3.8) is 0 Å². The van der Waals surface area contributed by atoms with Crippen molar-refractivity contribution < 1.29 is 17.9 Å². The van der Waals surface area contributed by atoms with E-state index in [0.717, 1.165) is 18.4 Å². The van der Waals surface area contributed by atoms with E-state index in [1.54, 1.807) is 12.1 Å². The number of benzene rings is 2. The van der Waals surface area contributed by atoms with E-state index in [1.165, 1.54) is 17.7 Å². The highest BCUT2D eigenvalue weighted by molar-refractivity contribution is 5.36. The van der Waals surface area contributed by atoms with Crippen molar-refractivity contribution in [1.29, 1.82) is 0 Å². The smallest absolute Gasteiger partial charge is 0.406 e. The van der Waals surface area contributed by atoms with E-state index in [-0.39, 0.29) is 11.7 Å². The van der Waals surface area contributed by atoms with E-state index in [4.69, 9.17) is 0 Å². The zero-order chi connectivity index (χ0) is 15.3. The monoisotopic (exact) mass is 294 g/mol. The third kappa shape index (κ3) is 4.52. The molecule has 2 rings (SSSR count). The first-order chi connectivity index (χ1) is 9.99. The van der Waals surface area contributed by atoms with Gasteiger partial charge >= 0.3 is 6.36 Å². The van der Waals surface area contributed by atoms with Crippen LogP contribution < -0.4 is 4.74 Å². The average molecular weight is 294 g/mol. The first-order valence-electron chi connectivity index (χ1n) is 6.90. The van der Waals surface area contributed by atoms with Crippen LogP contribution in [0.4, 0.5) is 13.2 Å². The highest BCUT2D eigenvalue weighted by Crippen LogP contribution is 2.31. The molecule has 0 aliphatic carbocycles. The Morgan fingerprint density at radius 2 is 1.48 bits per heavy atom. The van der Waals surface area contributed by atoms with E-state index in [2.05, 4.69) is 11.7 Å². The lowest BCUT2D eigenvalue weighted by Crippen LogP contribution is -2.17. The maximum absolute atomic E-state index is 12.2. The molecule has 0 amide bonds. The number of halogens is 3. The Bertz CT molecular complexity index is 546. The second-order valence-corrected chi connectivity index (χ2v) is 4.87. The van der Waals surface area contributed by atoms with Crippen molar-refractivity contribution in [2.45, 2.75) is 32.0 Å². The Hall–Kier alpha value is -1.97. The van der Waals surface area contributed by atoms with Gasteiger partial charge in [-0.1, -0.05) is 55.8 Å². The van der Waals surface area contributed by atoms with Gasteiger partial charge in [0.2, 0.25) is 0 Å². The van der Waals surface area contributed by atoms with Crippen molar-refractivity contribution in [3.05, 3.63) is 65.7 Å². The molecule has 0 heterocycles. The van der Waals surface area contributed by atoms with Crippen LogP contribution >= 0.6 is 0 Å². The van der Waals surface area contributed by atoms with E-state index in [9.17, 15) is 13.2 Å². The molecular weight excluding hydrogens is 277 g/mol. The van der Waals surface area contributed by atoms with Gasteiger partial charge in [0.1, 0.15) is 5.75 Å². The van der Waals surface area contributed by atoms with Gasteiger partial charge in [0.05, 0.1) is 0 Å². The van der Waals surface area contributed by atoms with Crippen molar-refractivity contribution >= 4 is 0 Å². The molecule has 2 aromatic rings. The summed E-state index contributed by atoms with van der Waals surface area (Å²) in [6.07, 6.45) is -2.70. The molecule has 112 valence electrons. The van der Waals surface area contributed by atoms with E-state index >= 15 is 0 Å². The van der Waals surface area contributed by atoms with Gasteiger partial charge in [-0.25, -0.2) is 0 Å². The molecule has 0 bridgehead atoms. The van der Waals surface area contributed by atoms with Gasteiger partial charge in [0.25, 0.3) is 0 Å². The fourth-order valence-corrected chi connectivity index (χ4v) is 2.40. The quantitative estimate of drug-likeness (QED) is 0.705. The maximum atomic E-state index is 12.2. The number of hydrogen-bond donors (Lipinski definition) is 0. The molecule has 0 fully saturated rings. The molecule has 0 radical (unpaired) electrons. The lowest BCUT2D eigenvalue weighted by molar-refractivity contribution is -0.274. The maximum Gasteiger partial charge on any atom is 0.573 e. The molecule has 0 N–H and O–H groups in total. The first kappa shape index (κ1) is 15.4. The largest absolute Gasteiger partial charge is 0.573 e. The van der Waals surface area contributed by atoms with Gasteiger partial charge in [-0.3, -0.25) is 0 Å². The van der Waals surface area contributed by atoms with Crippen molar-refractivity contribution in [1.82, 2.24) is 0 Å². The van der Waals surface area contributed by atoms with Crippen LogP contribution in [-0.4, -0.2) is 6.36 Å². The summed E-state index contributed by atoms with van der Waals surface area (Å²) in [5.74, 6) is 0.00527. The van der Waals surface area contributed by atoms with Gasteiger partial charge in [-0.05, 0) is 29.7 Å². The van der Waals surface area contributed by atoms with Gasteiger partial charge < -0.3 is 4.74 Å². The Morgan fingerprint density at radius 1 is 0.905 bits per heavy atom. The molecule has 0 saturated heterocycles. The summed E-state index contributed by atoms with van der Waals surface area (Å²) in [4.78, 5) is 0. The van der Waals surface area contributed by atoms with Crippen LogP contribution in [0.2, 0.25) is 0 Å². The second kappa shape index (κ2) is 6.66.